The molecule has 162 valence electrons. The van der Waals surface area contributed by atoms with E-state index < -0.39 is 0 Å². The van der Waals surface area contributed by atoms with Crippen molar-refractivity contribution < 1.29 is 4.74 Å². The van der Waals surface area contributed by atoms with E-state index in [0.29, 0.717) is 6.54 Å². The Hall–Kier alpha value is -1.65. The van der Waals surface area contributed by atoms with Gasteiger partial charge in [0.15, 0.2) is 5.96 Å². The molecular formula is C21H35IN6O. The first kappa shape index (κ1) is 25.4. The molecule has 1 aromatic heterocycles. The van der Waals surface area contributed by atoms with Crippen molar-refractivity contribution >= 4 is 29.9 Å². The van der Waals surface area contributed by atoms with Crippen molar-refractivity contribution in [1.29, 1.82) is 0 Å². The first-order chi connectivity index (χ1) is 13.5. The van der Waals surface area contributed by atoms with Gasteiger partial charge in [-0.15, -0.1) is 24.0 Å². The van der Waals surface area contributed by atoms with Gasteiger partial charge in [-0.05, 0) is 45.5 Å². The van der Waals surface area contributed by atoms with Crippen molar-refractivity contribution in [2.24, 2.45) is 4.99 Å². The van der Waals surface area contributed by atoms with Gasteiger partial charge in [0.1, 0.15) is 0 Å². The third-order valence-electron chi connectivity index (χ3n) is 4.44. The molecule has 0 radical (unpaired) electrons. The number of guanidine groups is 1. The van der Waals surface area contributed by atoms with E-state index in [2.05, 4.69) is 59.7 Å². The summed E-state index contributed by atoms with van der Waals surface area (Å²) < 4.78 is 7.11. The highest BCUT2D eigenvalue weighted by Gasteiger charge is 2.09. The van der Waals surface area contributed by atoms with Crippen LogP contribution in [0.5, 0.6) is 0 Å². The van der Waals surface area contributed by atoms with Crippen LogP contribution in [0.2, 0.25) is 0 Å². The molecule has 1 heterocycles. The molecule has 29 heavy (non-hydrogen) atoms. The summed E-state index contributed by atoms with van der Waals surface area (Å²) in [5, 5.41) is 11.3. The molecule has 0 spiro atoms. The van der Waals surface area contributed by atoms with Crippen LogP contribution in [0.15, 0.2) is 35.3 Å². The number of hydrogen-bond donors (Lipinski definition) is 2. The van der Waals surface area contributed by atoms with Gasteiger partial charge in [-0.1, -0.05) is 18.2 Å². The second-order valence-corrected chi connectivity index (χ2v) is 6.89. The molecule has 0 atom stereocenters. The Bertz CT molecular complexity index is 761. The van der Waals surface area contributed by atoms with Crippen molar-refractivity contribution in [2.45, 2.75) is 27.3 Å². The zero-order valence-electron chi connectivity index (χ0n) is 18.2. The minimum Gasteiger partial charge on any atom is -0.383 e. The summed E-state index contributed by atoms with van der Waals surface area (Å²) in [4.78, 5) is 7.01. The Kier molecular flexibility index (Phi) is 11.9. The number of likely N-dealkylation sites (N-methyl/N-ethyl adjacent to an activating group) is 1. The normalized spacial score (nSPS) is 11.4. The van der Waals surface area contributed by atoms with Gasteiger partial charge in [-0.25, -0.2) is 9.67 Å². The van der Waals surface area contributed by atoms with Crippen molar-refractivity contribution in [3.8, 4) is 5.69 Å². The molecule has 1 aromatic carbocycles. The highest BCUT2D eigenvalue weighted by atomic mass is 127. The molecule has 0 aliphatic carbocycles. The fourth-order valence-corrected chi connectivity index (χ4v) is 2.95. The molecule has 2 rings (SSSR count). The zero-order valence-corrected chi connectivity index (χ0v) is 20.6. The van der Waals surface area contributed by atoms with E-state index >= 15 is 0 Å². The second kappa shape index (κ2) is 13.6. The third kappa shape index (κ3) is 8.31. The zero-order chi connectivity index (χ0) is 20.4. The summed E-state index contributed by atoms with van der Waals surface area (Å²) in [5.74, 6) is 0.825. The number of para-hydroxylation sites is 1. The summed E-state index contributed by atoms with van der Waals surface area (Å²) >= 11 is 0. The van der Waals surface area contributed by atoms with Gasteiger partial charge in [0, 0.05) is 39.0 Å². The Morgan fingerprint density at radius 3 is 2.62 bits per heavy atom. The molecule has 0 aliphatic rings. The van der Waals surface area contributed by atoms with Crippen LogP contribution < -0.4 is 10.6 Å². The van der Waals surface area contributed by atoms with Gasteiger partial charge < -0.3 is 20.3 Å². The molecule has 0 amide bonds. The Morgan fingerprint density at radius 2 is 1.97 bits per heavy atom. The summed E-state index contributed by atoms with van der Waals surface area (Å²) in [5.41, 5.74) is 4.36. The number of aromatic nitrogens is 2. The predicted octanol–water partition coefficient (Wildman–Crippen LogP) is 2.74. The topological polar surface area (TPSA) is 66.7 Å². The molecule has 7 nitrogen and oxygen atoms in total. The number of aryl methyl sites for hydroxylation is 2. The molecule has 0 unspecified atom stereocenters. The maximum Gasteiger partial charge on any atom is 0.191 e. The predicted molar refractivity (Wildman–Crippen MR) is 131 cm³/mol. The molecule has 0 fully saturated rings. The number of ether oxygens (including phenoxy) is 1. The van der Waals surface area contributed by atoms with Crippen LogP contribution in [-0.2, 0) is 11.3 Å². The number of benzene rings is 1. The SMILES string of the molecule is CCNC(=NCc1ccccc1-n1nc(C)cc1C)NCCN(C)CCOC.I. The fraction of sp³-hybridized carbons (Fsp3) is 0.524. The van der Waals surface area contributed by atoms with Crippen LogP contribution >= 0.6 is 24.0 Å². The maximum absolute atomic E-state index is 5.12. The van der Waals surface area contributed by atoms with Gasteiger partial charge in [0.05, 0.1) is 24.5 Å². The van der Waals surface area contributed by atoms with Gasteiger partial charge in [0.25, 0.3) is 0 Å². The molecule has 0 saturated heterocycles. The van der Waals surface area contributed by atoms with Crippen LogP contribution in [0.4, 0.5) is 0 Å². The minimum atomic E-state index is 0. The van der Waals surface area contributed by atoms with Crippen molar-refractivity contribution in [1.82, 2.24) is 25.3 Å². The van der Waals surface area contributed by atoms with Crippen molar-refractivity contribution in [3.05, 3.63) is 47.3 Å². The smallest absolute Gasteiger partial charge is 0.191 e. The van der Waals surface area contributed by atoms with E-state index in [9.17, 15) is 0 Å². The van der Waals surface area contributed by atoms with Crippen LogP contribution in [0.1, 0.15) is 23.9 Å². The highest BCUT2D eigenvalue weighted by molar-refractivity contribution is 14.0. The Morgan fingerprint density at radius 1 is 1.21 bits per heavy atom. The van der Waals surface area contributed by atoms with Crippen molar-refractivity contribution in [3.63, 3.8) is 0 Å². The average Bonchev–Trinajstić information content (AvgIpc) is 3.02. The average molecular weight is 514 g/mol. The summed E-state index contributed by atoms with van der Waals surface area (Å²) in [7, 11) is 3.82. The van der Waals surface area contributed by atoms with E-state index in [0.717, 1.165) is 61.4 Å². The second-order valence-electron chi connectivity index (χ2n) is 6.89. The molecule has 0 bridgehead atoms. The highest BCUT2D eigenvalue weighted by Crippen LogP contribution is 2.17. The molecule has 8 heteroatoms. The standard InChI is InChI=1S/C21H34N6O.HI/c1-6-22-21(23-11-12-26(4)13-14-28-5)24-16-19-9-7-8-10-20(19)27-18(3)15-17(2)25-27;/h7-10,15H,6,11-14,16H2,1-5H3,(H2,22,23,24);1H. The number of rotatable bonds is 10. The lowest BCUT2D eigenvalue weighted by Crippen LogP contribution is -2.41. The van der Waals surface area contributed by atoms with Gasteiger partial charge in [-0.2, -0.15) is 5.10 Å². The van der Waals surface area contributed by atoms with E-state index in [1.807, 2.05) is 23.7 Å². The molecular weight excluding hydrogens is 479 g/mol. The first-order valence-corrected chi connectivity index (χ1v) is 9.86. The van der Waals surface area contributed by atoms with E-state index in [1.165, 1.54) is 0 Å². The molecule has 0 saturated carbocycles. The monoisotopic (exact) mass is 514 g/mol. The number of nitrogens with one attached hydrogen (secondary N) is 2. The van der Waals surface area contributed by atoms with Gasteiger partial charge in [-0.3, -0.25) is 0 Å². The van der Waals surface area contributed by atoms with Gasteiger partial charge >= 0.3 is 0 Å². The summed E-state index contributed by atoms with van der Waals surface area (Å²) in [6.45, 7) is 11.0. The number of nitrogens with zero attached hydrogens (tertiary/aromatic N) is 4. The number of methoxy groups -OCH3 is 1. The fourth-order valence-electron chi connectivity index (χ4n) is 2.95. The third-order valence-corrected chi connectivity index (χ3v) is 4.44. The lowest BCUT2D eigenvalue weighted by atomic mass is 10.2. The summed E-state index contributed by atoms with van der Waals surface area (Å²) in [6, 6.07) is 10.4. The maximum atomic E-state index is 5.12. The molecule has 0 aliphatic heterocycles. The number of hydrogen-bond acceptors (Lipinski definition) is 4. The van der Waals surface area contributed by atoms with Crippen LogP contribution in [0.25, 0.3) is 5.69 Å². The molecule has 2 N–H and O–H groups in total. The lowest BCUT2D eigenvalue weighted by molar-refractivity contribution is 0.162. The Balaban J connectivity index is 0.00000420. The first-order valence-electron chi connectivity index (χ1n) is 9.86. The van der Waals surface area contributed by atoms with Crippen LogP contribution in [-0.4, -0.2) is 67.6 Å². The summed E-state index contributed by atoms with van der Waals surface area (Å²) in [6.07, 6.45) is 0. The van der Waals surface area contributed by atoms with Crippen molar-refractivity contribution in [2.75, 3.05) is 46.9 Å². The number of halogens is 1. The van der Waals surface area contributed by atoms with E-state index in [4.69, 9.17) is 9.73 Å². The van der Waals surface area contributed by atoms with Crippen LogP contribution in [0.3, 0.4) is 0 Å². The lowest BCUT2D eigenvalue weighted by Gasteiger charge is -2.18. The molecule has 2 aromatic rings. The number of aliphatic imine (C=N–C) groups is 1. The largest absolute Gasteiger partial charge is 0.383 e. The quantitative estimate of drug-likeness (QED) is 0.290. The Labute approximate surface area is 191 Å². The van der Waals surface area contributed by atoms with Gasteiger partial charge in [0.2, 0.25) is 0 Å². The van der Waals surface area contributed by atoms with E-state index in [-0.39, 0.29) is 24.0 Å². The van der Waals surface area contributed by atoms with Crippen LogP contribution in [0, 0.1) is 13.8 Å². The minimum absolute atomic E-state index is 0. The van der Waals surface area contributed by atoms with E-state index in [1.54, 1.807) is 7.11 Å².